The van der Waals surface area contributed by atoms with Crippen molar-refractivity contribution in [2.45, 2.75) is 12.0 Å². The predicted molar refractivity (Wildman–Crippen MR) is 135 cm³/mol. The van der Waals surface area contributed by atoms with Crippen LogP contribution in [0.3, 0.4) is 0 Å². The molecule has 0 radical (unpaired) electrons. The lowest BCUT2D eigenvalue weighted by Gasteiger charge is -2.32. The highest BCUT2D eigenvalue weighted by Gasteiger charge is 2.43. The van der Waals surface area contributed by atoms with E-state index in [1.807, 2.05) is 18.2 Å². The molecule has 1 aliphatic carbocycles. The van der Waals surface area contributed by atoms with Crippen LogP contribution >= 0.6 is 0 Å². The standard InChI is InChI=1S/C30H21N3O/c31-18-21-16-20(14-15-32-21)19-6-5-7-22(17-19)33-26-10-3-1-8-23(26)24-12-13-28-29(30(24)33)25-9-2-4-11-27(25)34-28/h1-14,16-17,24,30,32H,15H2. The molecular weight excluding hydrogens is 418 g/mol. The van der Waals surface area contributed by atoms with E-state index in [0.29, 0.717) is 12.2 Å². The SMILES string of the molecule is N#CC1=CC(c2cccc(N3c4ccccc4C4C=Cc5oc6ccccc6c5C43)c2)=CCN1. The summed E-state index contributed by atoms with van der Waals surface area (Å²) in [6.45, 7) is 0.658. The molecule has 4 nitrogen and oxygen atoms in total. The molecular formula is C30H21N3O. The first-order valence-corrected chi connectivity index (χ1v) is 11.6. The summed E-state index contributed by atoms with van der Waals surface area (Å²) in [7, 11) is 0. The Morgan fingerprint density at radius 2 is 1.88 bits per heavy atom. The third-order valence-electron chi connectivity index (χ3n) is 7.08. The lowest BCUT2D eigenvalue weighted by molar-refractivity contribution is 0.573. The maximum Gasteiger partial charge on any atom is 0.135 e. The highest BCUT2D eigenvalue weighted by molar-refractivity contribution is 5.90. The van der Waals surface area contributed by atoms with Crippen molar-refractivity contribution in [1.29, 1.82) is 5.26 Å². The van der Waals surface area contributed by atoms with Crippen molar-refractivity contribution in [3.63, 3.8) is 0 Å². The molecule has 0 saturated heterocycles. The lowest BCUT2D eigenvalue weighted by Crippen LogP contribution is -2.23. The van der Waals surface area contributed by atoms with E-state index in [1.54, 1.807) is 0 Å². The molecule has 0 spiro atoms. The van der Waals surface area contributed by atoms with Crippen LogP contribution in [0.2, 0.25) is 0 Å². The zero-order valence-corrected chi connectivity index (χ0v) is 18.4. The Kier molecular flexibility index (Phi) is 4.06. The summed E-state index contributed by atoms with van der Waals surface area (Å²) in [6.07, 6.45) is 8.48. The summed E-state index contributed by atoms with van der Waals surface area (Å²) >= 11 is 0. The molecule has 162 valence electrons. The predicted octanol–water partition coefficient (Wildman–Crippen LogP) is 6.83. The second kappa shape index (κ2) is 7.26. The maximum absolute atomic E-state index is 9.35. The van der Waals surface area contributed by atoms with Crippen molar-refractivity contribution in [1.82, 2.24) is 5.32 Å². The second-order valence-electron chi connectivity index (χ2n) is 8.90. The Balaban J connectivity index is 1.42. The summed E-state index contributed by atoms with van der Waals surface area (Å²) in [5.41, 5.74) is 8.64. The minimum atomic E-state index is 0.114. The van der Waals surface area contributed by atoms with Crippen molar-refractivity contribution in [2.75, 3.05) is 11.4 Å². The number of benzene rings is 3. The monoisotopic (exact) mass is 439 g/mol. The van der Waals surface area contributed by atoms with Gasteiger partial charge in [-0.15, -0.1) is 0 Å². The number of dihydropyridines is 1. The third-order valence-corrected chi connectivity index (χ3v) is 7.08. The quantitative estimate of drug-likeness (QED) is 0.372. The van der Waals surface area contributed by atoms with Crippen LogP contribution < -0.4 is 10.2 Å². The van der Waals surface area contributed by atoms with Gasteiger partial charge in [0.25, 0.3) is 0 Å². The van der Waals surface area contributed by atoms with Crippen molar-refractivity contribution in [2.24, 2.45) is 0 Å². The van der Waals surface area contributed by atoms with Gasteiger partial charge >= 0.3 is 0 Å². The number of anilines is 2. The van der Waals surface area contributed by atoms with Crippen LogP contribution in [-0.4, -0.2) is 6.54 Å². The first-order chi connectivity index (χ1) is 16.8. The third kappa shape index (κ3) is 2.71. The molecule has 7 rings (SSSR count). The molecule has 1 N–H and O–H groups in total. The van der Waals surface area contributed by atoms with Crippen molar-refractivity contribution in [3.8, 4) is 6.07 Å². The minimum absolute atomic E-state index is 0.114. The Morgan fingerprint density at radius 3 is 2.82 bits per heavy atom. The van der Waals surface area contributed by atoms with Gasteiger partial charge in [0.2, 0.25) is 0 Å². The molecule has 0 bridgehead atoms. The summed E-state index contributed by atoms with van der Waals surface area (Å²) in [5.74, 6) is 1.19. The van der Waals surface area contributed by atoms with Gasteiger partial charge < -0.3 is 14.6 Å². The van der Waals surface area contributed by atoms with E-state index in [9.17, 15) is 5.26 Å². The number of nitrogens with one attached hydrogen (secondary N) is 1. The van der Waals surface area contributed by atoms with Crippen molar-refractivity contribution in [3.05, 3.63) is 119 Å². The van der Waals surface area contributed by atoms with Gasteiger partial charge in [0.1, 0.15) is 23.1 Å². The summed E-state index contributed by atoms with van der Waals surface area (Å²) in [5, 5.41) is 13.6. The minimum Gasteiger partial charge on any atom is -0.456 e. The molecule has 0 amide bonds. The molecule has 3 aliphatic rings. The molecule has 0 saturated carbocycles. The van der Waals surface area contributed by atoms with Crippen LogP contribution in [0, 0.1) is 11.3 Å². The van der Waals surface area contributed by atoms with Crippen LogP contribution in [0.4, 0.5) is 11.4 Å². The Bertz CT molecular complexity index is 1600. The number of nitriles is 1. The molecule has 3 aromatic carbocycles. The highest BCUT2D eigenvalue weighted by Crippen LogP contribution is 2.57. The molecule has 4 aromatic rings. The number of nitrogens with zero attached hydrogens (tertiary/aromatic N) is 2. The average Bonchev–Trinajstić information content (AvgIpc) is 3.44. The largest absolute Gasteiger partial charge is 0.456 e. The molecule has 2 atom stereocenters. The van der Waals surface area contributed by atoms with Crippen LogP contribution in [0.1, 0.15) is 34.4 Å². The fourth-order valence-electron chi connectivity index (χ4n) is 5.64. The number of fused-ring (bicyclic) bond motifs is 7. The topological polar surface area (TPSA) is 52.2 Å². The lowest BCUT2D eigenvalue weighted by atomic mass is 9.84. The summed E-state index contributed by atoms with van der Waals surface area (Å²) < 4.78 is 6.26. The number of allylic oxidation sites excluding steroid dienone is 3. The molecule has 2 unspecified atom stereocenters. The first kappa shape index (κ1) is 19.0. The van der Waals surface area contributed by atoms with E-state index >= 15 is 0 Å². The zero-order valence-electron chi connectivity index (χ0n) is 18.4. The Hall–Kier alpha value is -4.49. The molecule has 0 fully saturated rings. The fourth-order valence-corrected chi connectivity index (χ4v) is 5.64. The van der Waals surface area contributed by atoms with E-state index in [-0.39, 0.29) is 12.0 Å². The Labute approximate surface area is 197 Å². The summed E-state index contributed by atoms with van der Waals surface area (Å²) in [4.78, 5) is 2.46. The smallest absolute Gasteiger partial charge is 0.135 e. The molecule has 2 aliphatic heterocycles. The molecule has 34 heavy (non-hydrogen) atoms. The van der Waals surface area contributed by atoms with E-state index < -0.39 is 0 Å². The van der Waals surface area contributed by atoms with Gasteiger partial charge in [0.15, 0.2) is 0 Å². The van der Waals surface area contributed by atoms with Gasteiger partial charge in [-0.2, -0.15) is 5.26 Å². The number of hydrogen-bond acceptors (Lipinski definition) is 4. The van der Waals surface area contributed by atoms with Crippen LogP contribution in [0.15, 0.2) is 101 Å². The average molecular weight is 440 g/mol. The number of hydrogen-bond donors (Lipinski definition) is 1. The number of rotatable bonds is 2. The number of furan rings is 1. The van der Waals surface area contributed by atoms with Crippen molar-refractivity contribution >= 4 is 34.0 Å². The van der Waals surface area contributed by atoms with E-state index in [2.05, 4.69) is 95.2 Å². The number of para-hydroxylation sites is 2. The van der Waals surface area contributed by atoms with Gasteiger partial charge in [0.05, 0.1) is 6.04 Å². The zero-order chi connectivity index (χ0) is 22.6. The fraction of sp³-hybridized carbons (Fsp3) is 0.100. The van der Waals surface area contributed by atoms with Crippen LogP contribution in [0.5, 0.6) is 0 Å². The molecule has 3 heterocycles. The van der Waals surface area contributed by atoms with Gasteiger partial charge in [-0.1, -0.05) is 60.7 Å². The molecule has 1 aromatic heterocycles. The first-order valence-electron chi connectivity index (χ1n) is 11.6. The van der Waals surface area contributed by atoms with Crippen molar-refractivity contribution < 1.29 is 4.42 Å². The van der Waals surface area contributed by atoms with Gasteiger partial charge in [-0.3, -0.25) is 0 Å². The van der Waals surface area contributed by atoms with E-state index in [4.69, 9.17) is 4.42 Å². The highest BCUT2D eigenvalue weighted by atomic mass is 16.3. The normalized spacial score (nSPS) is 20.0. The van der Waals surface area contributed by atoms with E-state index in [0.717, 1.165) is 28.2 Å². The maximum atomic E-state index is 9.35. The molecule has 4 heteroatoms. The van der Waals surface area contributed by atoms with Gasteiger partial charge in [-0.25, -0.2) is 0 Å². The van der Waals surface area contributed by atoms with Crippen LogP contribution in [0.25, 0.3) is 22.6 Å². The van der Waals surface area contributed by atoms with Gasteiger partial charge in [0, 0.05) is 34.8 Å². The Morgan fingerprint density at radius 1 is 1.00 bits per heavy atom. The van der Waals surface area contributed by atoms with Crippen LogP contribution in [-0.2, 0) is 0 Å². The second-order valence-corrected chi connectivity index (χ2v) is 8.90. The van der Waals surface area contributed by atoms with Gasteiger partial charge in [-0.05, 0) is 53.1 Å². The summed E-state index contributed by atoms with van der Waals surface area (Å²) in [6, 6.07) is 28.0. The van der Waals surface area contributed by atoms with E-state index in [1.165, 1.54) is 22.2 Å².